The van der Waals surface area contributed by atoms with E-state index in [2.05, 4.69) is 47.7 Å². The zero-order chi connectivity index (χ0) is 12.8. The van der Waals surface area contributed by atoms with Crippen LogP contribution in [0.3, 0.4) is 0 Å². The van der Waals surface area contributed by atoms with Crippen LogP contribution in [0.25, 0.3) is 10.8 Å². The lowest BCUT2D eigenvalue weighted by Gasteiger charge is -2.19. The Bertz CT molecular complexity index is 493. The van der Waals surface area contributed by atoms with E-state index in [4.69, 9.17) is 0 Å². The molecular weight excluding hydrogens is 240 g/mol. The minimum Gasteiger partial charge on any atom is -0.309 e. The van der Waals surface area contributed by atoms with Crippen LogP contribution in [0.4, 0.5) is 0 Å². The maximum absolute atomic E-state index is 4.20. The third kappa shape index (κ3) is 3.03. The number of thioether (sulfide) groups is 1. The number of aromatic nitrogens is 1. The molecule has 1 N–H and O–H groups in total. The quantitative estimate of drug-likeness (QED) is 0.858. The first-order chi connectivity index (χ1) is 8.86. The highest BCUT2D eigenvalue weighted by molar-refractivity contribution is 7.98. The maximum Gasteiger partial charge on any atom is 0.0417 e. The van der Waals surface area contributed by atoms with E-state index >= 15 is 0 Å². The summed E-state index contributed by atoms with van der Waals surface area (Å²) >= 11 is 1.89. The molecule has 0 aliphatic heterocycles. The largest absolute Gasteiger partial charge is 0.309 e. The highest BCUT2D eigenvalue weighted by atomic mass is 32.2. The molecular formula is C15H20N2S. The van der Waals surface area contributed by atoms with Crippen LogP contribution in [0.5, 0.6) is 0 Å². The molecule has 1 heterocycles. The summed E-state index contributed by atoms with van der Waals surface area (Å²) < 4.78 is 0. The minimum atomic E-state index is 0.422. The Balaban J connectivity index is 2.36. The topological polar surface area (TPSA) is 24.9 Å². The van der Waals surface area contributed by atoms with E-state index in [0.717, 1.165) is 18.7 Å². The van der Waals surface area contributed by atoms with Crippen LogP contribution in [-0.4, -0.2) is 23.5 Å². The lowest BCUT2D eigenvalue weighted by molar-refractivity contribution is 0.581. The van der Waals surface area contributed by atoms with Crippen molar-refractivity contribution in [2.75, 3.05) is 18.6 Å². The number of nitrogens with zero attached hydrogens (tertiary/aromatic N) is 1. The summed E-state index contributed by atoms with van der Waals surface area (Å²) in [5.74, 6) is 1.10. The molecule has 18 heavy (non-hydrogen) atoms. The van der Waals surface area contributed by atoms with Gasteiger partial charge in [-0.15, -0.1) is 0 Å². The molecule has 0 aliphatic rings. The standard InChI is InChI=1S/C15H20N2S/c1-3-8-17-15(11-18-2)14-6-4-5-12-10-16-9-7-13(12)14/h4-7,9-10,15,17H,3,8,11H2,1-2H3. The van der Waals surface area contributed by atoms with Gasteiger partial charge in [-0.1, -0.05) is 25.1 Å². The van der Waals surface area contributed by atoms with Gasteiger partial charge in [0.05, 0.1) is 0 Å². The summed E-state index contributed by atoms with van der Waals surface area (Å²) in [5, 5.41) is 6.17. The van der Waals surface area contributed by atoms with E-state index < -0.39 is 0 Å². The average molecular weight is 260 g/mol. The van der Waals surface area contributed by atoms with Gasteiger partial charge in [-0.05, 0) is 36.2 Å². The number of hydrogen-bond donors (Lipinski definition) is 1. The Kier molecular flexibility index (Phi) is 5.02. The van der Waals surface area contributed by atoms with Gasteiger partial charge in [-0.2, -0.15) is 11.8 Å². The van der Waals surface area contributed by atoms with E-state index in [0.29, 0.717) is 6.04 Å². The first-order valence-electron chi connectivity index (χ1n) is 6.41. The SMILES string of the molecule is CCCNC(CSC)c1cccc2cnccc12. The van der Waals surface area contributed by atoms with Gasteiger partial charge >= 0.3 is 0 Å². The van der Waals surface area contributed by atoms with E-state index in [1.807, 2.05) is 24.2 Å². The molecule has 0 bridgehead atoms. The normalized spacial score (nSPS) is 12.8. The first kappa shape index (κ1) is 13.4. The Labute approximate surface area is 113 Å². The van der Waals surface area contributed by atoms with Crippen molar-refractivity contribution in [2.24, 2.45) is 0 Å². The molecule has 2 aromatic rings. The minimum absolute atomic E-state index is 0.422. The fourth-order valence-electron chi connectivity index (χ4n) is 2.20. The van der Waals surface area contributed by atoms with Crippen LogP contribution in [0, 0.1) is 0 Å². The molecule has 96 valence electrons. The van der Waals surface area contributed by atoms with Crippen LogP contribution in [0.2, 0.25) is 0 Å². The number of rotatable bonds is 6. The Morgan fingerprint density at radius 2 is 2.22 bits per heavy atom. The molecule has 0 spiro atoms. The number of hydrogen-bond acceptors (Lipinski definition) is 3. The second-order valence-electron chi connectivity index (χ2n) is 4.41. The van der Waals surface area contributed by atoms with Gasteiger partial charge in [0.25, 0.3) is 0 Å². The van der Waals surface area contributed by atoms with Crippen molar-refractivity contribution in [3.63, 3.8) is 0 Å². The predicted octanol–water partition coefficient (Wildman–Crippen LogP) is 3.64. The summed E-state index contributed by atoms with van der Waals surface area (Å²) in [7, 11) is 0. The van der Waals surface area contributed by atoms with Gasteiger partial charge in [0.2, 0.25) is 0 Å². The van der Waals surface area contributed by atoms with Crippen LogP contribution in [0.1, 0.15) is 24.9 Å². The van der Waals surface area contributed by atoms with E-state index in [1.54, 1.807) is 0 Å². The molecule has 0 saturated heterocycles. The molecule has 2 rings (SSSR count). The Hall–Kier alpha value is -1.06. The number of nitrogens with one attached hydrogen (secondary N) is 1. The lowest BCUT2D eigenvalue weighted by atomic mass is 10.0. The average Bonchev–Trinajstić information content (AvgIpc) is 2.43. The van der Waals surface area contributed by atoms with Crippen molar-refractivity contribution < 1.29 is 0 Å². The Morgan fingerprint density at radius 3 is 3.00 bits per heavy atom. The molecule has 0 radical (unpaired) electrons. The monoisotopic (exact) mass is 260 g/mol. The second kappa shape index (κ2) is 6.76. The van der Waals surface area contributed by atoms with Crippen molar-refractivity contribution >= 4 is 22.5 Å². The zero-order valence-corrected chi connectivity index (χ0v) is 11.8. The Morgan fingerprint density at radius 1 is 1.33 bits per heavy atom. The maximum atomic E-state index is 4.20. The highest BCUT2D eigenvalue weighted by Crippen LogP contribution is 2.25. The van der Waals surface area contributed by atoms with Gasteiger partial charge in [0.15, 0.2) is 0 Å². The number of fused-ring (bicyclic) bond motifs is 1. The van der Waals surface area contributed by atoms with E-state index in [1.165, 1.54) is 16.3 Å². The first-order valence-corrected chi connectivity index (χ1v) is 7.81. The van der Waals surface area contributed by atoms with E-state index in [-0.39, 0.29) is 0 Å². The van der Waals surface area contributed by atoms with Crippen molar-refractivity contribution in [2.45, 2.75) is 19.4 Å². The van der Waals surface area contributed by atoms with Crippen LogP contribution in [0.15, 0.2) is 36.7 Å². The predicted molar refractivity (Wildman–Crippen MR) is 81.2 cm³/mol. The molecule has 1 unspecified atom stereocenters. The fourth-order valence-corrected chi connectivity index (χ4v) is 2.83. The van der Waals surface area contributed by atoms with Gasteiger partial charge in [0.1, 0.15) is 0 Å². The number of benzene rings is 1. The molecule has 0 saturated carbocycles. The van der Waals surface area contributed by atoms with Crippen LogP contribution in [-0.2, 0) is 0 Å². The third-order valence-corrected chi connectivity index (χ3v) is 3.73. The third-order valence-electron chi connectivity index (χ3n) is 3.06. The molecule has 0 amide bonds. The second-order valence-corrected chi connectivity index (χ2v) is 5.32. The molecule has 1 atom stereocenters. The van der Waals surface area contributed by atoms with Gasteiger partial charge < -0.3 is 5.32 Å². The van der Waals surface area contributed by atoms with Crippen LogP contribution >= 0.6 is 11.8 Å². The summed E-state index contributed by atoms with van der Waals surface area (Å²) in [4.78, 5) is 4.20. The smallest absolute Gasteiger partial charge is 0.0417 e. The molecule has 0 fully saturated rings. The number of pyridine rings is 1. The van der Waals surface area contributed by atoms with Gasteiger partial charge in [0, 0.05) is 29.6 Å². The molecule has 1 aromatic heterocycles. The van der Waals surface area contributed by atoms with Gasteiger partial charge in [-0.25, -0.2) is 0 Å². The highest BCUT2D eigenvalue weighted by Gasteiger charge is 2.12. The molecule has 3 heteroatoms. The van der Waals surface area contributed by atoms with Crippen LogP contribution < -0.4 is 5.32 Å². The van der Waals surface area contributed by atoms with E-state index in [9.17, 15) is 0 Å². The summed E-state index contributed by atoms with van der Waals surface area (Å²) in [5.41, 5.74) is 1.39. The van der Waals surface area contributed by atoms with Crippen molar-refractivity contribution in [3.8, 4) is 0 Å². The lowest BCUT2D eigenvalue weighted by Crippen LogP contribution is -2.24. The van der Waals surface area contributed by atoms with Gasteiger partial charge in [-0.3, -0.25) is 4.98 Å². The zero-order valence-electron chi connectivity index (χ0n) is 11.0. The molecule has 1 aromatic carbocycles. The fraction of sp³-hybridized carbons (Fsp3) is 0.400. The van der Waals surface area contributed by atoms with Crippen molar-refractivity contribution in [1.29, 1.82) is 0 Å². The summed E-state index contributed by atoms with van der Waals surface area (Å²) in [6.45, 7) is 3.27. The molecule has 2 nitrogen and oxygen atoms in total. The molecule has 0 aliphatic carbocycles. The van der Waals surface area contributed by atoms with Crippen molar-refractivity contribution in [3.05, 3.63) is 42.2 Å². The summed E-state index contributed by atoms with van der Waals surface area (Å²) in [6.07, 6.45) is 7.14. The van der Waals surface area contributed by atoms with Crippen molar-refractivity contribution in [1.82, 2.24) is 10.3 Å². The summed E-state index contributed by atoms with van der Waals surface area (Å²) in [6, 6.07) is 9.02.